The summed E-state index contributed by atoms with van der Waals surface area (Å²) < 4.78 is 34.6. The van der Waals surface area contributed by atoms with Crippen molar-refractivity contribution in [3.05, 3.63) is 59.4 Å². The minimum atomic E-state index is -0.712. The molecule has 1 aromatic heterocycles. The molecule has 0 fully saturated rings. The first-order chi connectivity index (χ1) is 11.6. The summed E-state index contributed by atoms with van der Waals surface area (Å²) in [6.45, 7) is 0. The van der Waals surface area contributed by atoms with Crippen LogP contribution in [-0.2, 0) is 6.42 Å². The summed E-state index contributed by atoms with van der Waals surface area (Å²) in [5.41, 5.74) is 1.23. The van der Waals surface area contributed by atoms with E-state index in [1.54, 1.807) is 18.2 Å². The smallest absolute Gasteiger partial charge is 0.328 e. The number of hydrogen-bond acceptors (Lipinski definition) is 3. The average molecular weight is 329 g/mol. The van der Waals surface area contributed by atoms with Gasteiger partial charge in [0.2, 0.25) is 0 Å². The Morgan fingerprint density at radius 3 is 2.67 bits per heavy atom. The summed E-state index contributed by atoms with van der Waals surface area (Å²) >= 11 is 0. The maximum Gasteiger partial charge on any atom is 0.328 e. The lowest BCUT2D eigenvalue weighted by atomic mass is 10.0. The molecule has 0 aliphatic carbocycles. The summed E-state index contributed by atoms with van der Waals surface area (Å²) in [7, 11) is 1.34. The second-order valence-corrected chi connectivity index (χ2v) is 5.57. The number of nitrogens with one attached hydrogen (secondary N) is 1. The molecule has 1 unspecified atom stereocenters. The Bertz CT molecular complexity index is 945. The van der Waals surface area contributed by atoms with Gasteiger partial charge >= 0.3 is 6.03 Å². The summed E-state index contributed by atoms with van der Waals surface area (Å²) in [5, 5.41) is 2.72. The monoisotopic (exact) mass is 329 g/mol. The van der Waals surface area contributed by atoms with Crippen molar-refractivity contribution >= 4 is 17.1 Å². The zero-order valence-corrected chi connectivity index (χ0v) is 12.7. The van der Waals surface area contributed by atoms with Gasteiger partial charge in [-0.3, -0.25) is 0 Å². The topological polar surface area (TPSA) is 56.1 Å². The normalized spacial score (nSPS) is 16.3. The molecule has 0 spiro atoms. The zero-order valence-electron chi connectivity index (χ0n) is 12.7. The summed E-state index contributed by atoms with van der Waals surface area (Å²) in [6, 6.07) is 8.50. The number of imidazole rings is 1. The van der Waals surface area contributed by atoms with Gasteiger partial charge in [0.15, 0.2) is 0 Å². The predicted molar refractivity (Wildman–Crippen MR) is 83.0 cm³/mol. The maximum absolute atomic E-state index is 14.2. The van der Waals surface area contributed by atoms with Gasteiger partial charge in [-0.1, -0.05) is 12.1 Å². The van der Waals surface area contributed by atoms with E-state index in [-0.39, 0.29) is 23.8 Å². The third-order valence-electron chi connectivity index (χ3n) is 4.16. The highest BCUT2D eigenvalue weighted by Gasteiger charge is 2.33. The fraction of sp³-hybridized carbons (Fsp3) is 0.176. The van der Waals surface area contributed by atoms with Crippen LogP contribution in [-0.4, -0.2) is 22.7 Å². The zero-order chi connectivity index (χ0) is 16.8. The molecule has 1 aliphatic rings. The number of rotatable bonds is 3. The quantitative estimate of drug-likeness (QED) is 0.803. The van der Waals surface area contributed by atoms with Crippen molar-refractivity contribution in [1.82, 2.24) is 14.9 Å². The standard InChI is InChI=1S/C17H13F2N3O2/c1-24-9-6-11(18)10(12(19)7-9)8-14-16-20-13-4-2-3-5-15(13)22(16)17(23)21-14/h2-7,14H,8H2,1H3,(H,21,23). The van der Waals surface area contributed by atoms with Crippen molar-refractivity contribution < 1.29 is 18.3 Å². The van der Waals surface area contributed by atoms with Gasteiger partial charge in [0.05, 0.1) is 24.2 Å². The Morgan fingerprint density at radius 2 is 1.96 bits per heavy atom. The van der Waals surface area contributed by atoms with Crippen LogP contribution in [0.3, 0.4) is 0 Å². The molecule has 4 rings (SSSR count). The van der Waals surface area contributed by atoms with Crippen molar-refractivity contribution in [2.24, 2.45) is 0 Å². The van der Waals surface area contributed by atoms with Crippen molar-refractivity contribution in [1.29, 1.82) is 0 Å². The molecular weight excluding hydrogens is 316 g/mol. The van der Waals surface area contributed by atoms with Crippen molar-refractivity contribution in [3.8, 4) is 5.75 Å². The van der Waals surface area contributed by atoms with Crippen molar-refractivity contribution in [3.63, 3.8) is 0 Å². The third kappa shape index (κ3) is 2.12. The summed E-state index contributed by atoms with van der Waals surface area (Å²) in [5.74, 6) is -0.862. The van der Waals surface area contributed by atoms with E-state index < -0.39 is 17.7 Å². The van der Waals surface area contributed by atoms with Crippen LogP contribution in [0.4, 0.5) is 13.6 Å². The SMILES string of the molecule is COc1cc(F)c(CC2NC(=O)n3c2nc2ccccc23)c(F)c1. The molecule has 0 saturated carbocycles. The van der Waals surface area contributed by atoms with E-state index in [1.165, 1.54) is 11.7 Å². The fourth-order valence-corrected chi connectivity index (χ4v) is 3.01. The summed E-state index contributed by atoms with van der Waals surface area (Å²) in [4.78, 5) is 16.6. The average Bonchev–Trinajstić information content (AvgIpc) is 3.09. The van der Waals surface area contributed by atoms with E-state index in [2.05, 4.69) is 10.3 Å². The number of nitrogens with zero attached hydrogens (tertiary/aromatic N) is 2. The number of halogens is 2. The van der Waals surface area contributed by atoms with Crippen LogP contribution in [0.2, 0.25) is 0 Å². The Kier molecular flexibility index (Phi) is 3.23. The fourth-order valence-electron chi connectivity index (χ4n) is 3.01. The Morgan fingerprint density at radius 1 is 1.25 bits per heavy atom. The molecule has 1 aliphatic heterocycles. The lowest BCUT2D eigenvalue weighted by molar-refractivity contribution is 0.245. The van der Waals surface area contributed by atoms with Crippen LogP contribution >= 0.6 is 0 Å². The van der Waals surface area contributed by atoms with Crippen LogP contribution in [0.25, 0.3) is 11.0 Å². The van der Waals surface area contributed by atoms with Crippen LogP contribution < -0.4 is 10.1 Å². The van der Waals surface area contributed by atoms with E-state index in [1.807, 2.05) is 6.07 Å². The lowest BCUT2D eigenvalue weighted by Gasteiger charge is -2.12. The first kappa shape index (κ1) is 14.6. The van der Waals surface area contributed by atoms with Gasteiger partial charge in [0.1, 0.15) is 23.2 Å². The molecule has 2 heterocycles. The van der Waals surface area contributed by atoms with Gasteiger partial charge in [0.25, 0.3) is 0 Å². The highest BCUT2D eigenvalue weighted by molar-refractivity contribution is 5.92. The van der Waals surface area contributed by atoms with Crippen LogP contribution in [0.5, 0.6) is 5.75 Å². The van der Waals surface area contributed by atoms with E-state index in [4.69, 9.17) is 4.74 Å². The first-order valence-electron chi connectivity index (χ1n) is 7.38. The number of aromatic nitrogens is 2. The molecular formula is C17H13F2N3O2. The van der Waals surface area contributed by atoms with Crippen LogP contribution in [0, 0.1) is 11.6 Å². The molecule has 0 bridgehead atoms. The number of amides is 1. The number of carbonyl (C=O) groups excluding carboxylic acids is 1. The molecule has 122 valence electrons. The van der Waals surface area contributed by atoms with Gasteiger partial charge in [-0.25, -0.2) is 23.1 Å². The molecule has 7 heteroatoms. The Labute approximate surface area is 135 Å². The minimum absolute atomic E-state index is 0.0310. The molecule has 0 radical (unpaired) electrons. The van der Waals surface area contributed by atoms with E-state index in [9.17, 15) is 13.6 Å². The molecule has 1 amide bonds. The number of methoxy groups -OCH3 is 1. The van der Waals surface area contributed by atoms with Gasteiger partial charge in [0, 0.05) is 24.1 Å². The highest BCUT2D eigenvalue weighted by atomic mass is 19.1. The second-order valence-electron chi connectivity index (χ2n) is 5.57. The third-order valence-corrected chi connectivity index (χ3v) is 4.16. The van der Waals surface area contributed by atoms with E-state index >= 15 is 0 Å². The molecule has 1 atom stereocenters. The number of fused-ring (bicyclic) bond motifs is 3. The number of para-hydroxylation sites is 2. The van der Waals surface area contributed by atoms with Crippen LogP contribution in [0.15, 0.2) is 36.4 Å². The minimum Gasteiger partial charge on any atom is -0.497 e. The maximum atomic E-state index is 14.2. The predicted octanol–water partition coefficient (Wildman–Crippen LogP) is 3.18. The molecule has 2 aromatic carbocycles. The molecule has 0 saturated heterocycles. The second kappa shape index (κ2) is 5.30. The molecule has 3 aromatic rings. The Balaban J connectivity index is 1.75. The molecule has 24 heavy (non-hydrogen) atoms. The number of ether oxygens (including phenoxy) is 1. The number of hydrogen-bond donors (Lipinski definition) is 1. The number of benzene rings is 2. The van der Waals surface area contributed by atoms with Crippen molar-refractivity contribution in [2.45, 2.75) is 12.5 Å². The van der Waals surface area contributed by atoms with Gasteiger partial charge in [-0.15, -0.1) is 0 Å². The van der Waals surface area contributed by atoms with Crippen LogP contribution in [0.1, 0.15) is 17.4 Å². The van der Waals surface area contributed by atoms with E-state index in [0.717, 1.165) is 12.1 Å². The van der Waals surface area contributed by atoms with Crippen molar-refractivity contribution in [2.75, 3.05) is 7.11 Å². The molecule has 1 N–H and O–H groups in total. The number of carbonyl (C=O) groups is 1. The van der Waals surface area contributed by atoms with Gasteiger partial charge in [-0.05, 0) is 12.1 Å². The lowest BCUT2D eigenvalue weighted by Crippen LogP contribution is -2.23. The first-order valence-corrected chi connectivity index (χ1v) is 7.38. The molecule has 5 nitrogen and oxygen atoms in total. The Hall–Kier alpha value is -2.96. The van der Waals surface area contributed by atoms with Gasteiger partial charge in [-0.2, -0.15) is 0 Å². The van der Waals surface area contributed by atoms with E-state index in [0.29, 0.717) is 16.9 Å². The van der Waals surface area contributed by atoms with Gasteiger partial charge < -0.3 is 10.1 Å². The summed E-state index contributed by atoms with van der Waals surface area (Å²) in [6.07, 6.45) is -0.0310. The largest absolute Gasteiger partial charge is 0.497 e. The highest BCUT2D eigenvalue weighted by Crippen LogP contribution is 2.30.